The Hall–Kier alpha value is -1.82. The molecule has 3 heteroatoms. The highest BCUT2D eigenvalue weighted by Crippen LogP contribution is 2.12. The SMILES string of the molecule is CC(=O)CCOc1cccc(C#N)c1. The van der Waals surface area contributed by atoms with Gasteiger partial charge < -0.3 is 4.74 Å². The maximum absolute atomic E-state index is 10.6. The van der Waals surface area contributed by atoms with Gasteiger partial charge in [0.1, 0.15) is 11.5 Å². The highest BCUT2D eigenvalue weighted by molar-refractivity contribution is 5.75. The highest BCUT2D eigenvalue weighted by Gasteiger charge is 1.97. The minimum atomic E-state index is 0.0986. The van der Waals surface area contributed by atoms with Crippen LogP contribution in [-0.4, -0.2) is 12.4 Å². The molecule has 0 N–H and O–H groups in total. The molecule has 1 aromatic carbocycles. The molecule has 0 aliphatic rings. The molecule has 0 radical (unpaired) electrons. The van der Waals surface area contributed by atoms with E-state index in [1.54, 1.807) is 24.3 Å². The van der Waals surface area contributed by atoms with Crippen molar-refractivity contribution >= 4 is 5.78 Å². The van der Waals surface area contributed by atoms with Crippen LogP contribution in [0.1, 0.15) is 18.9 Å². The highest BCUT2D eigenvalue weighted by atomic mass is 16.5. The molecule has 1 rings (SSSR count). The van der Waals surface area contributed by atoms with E-state index < -0.39 is 0 Å². The predicted molar refractivity (Wildman–Crippen MR) is 52.0 cm³/mol. The number of ether oxygens (including phenoxy) is 1. The number of nitrogens with zero attached hydrogens (tertiary/aromatic N) is 1. The quantitative estimate of drug-likeness (QED) is 0.727. The van der Waals surface area contributed by atoms with Gasteiger partial charge in [-0.15, -0.1) is 0 Å². The Bertz CT molecular complexity index is 366. The Morgan fingerprint density at radius 2 is 2.36 bits per heavy atom. The van der Waals surface area contributed by atoms with E-state index in [1.165, 1.54) is 6.92 Å². The van der Waals surface area contributed by atoms with Crippen LogP contribution < -0.4 is 4.74 Å². The lowest BCUT2D eigenvalue weighted by molar-refractivity contribution is -0.117. The van der Waals surface area contributed by atoms with E-state index in [-0.39, 0.29) is 5.78 Å². The van der Waals surface area contributed by atoms with E-state index in [9.17, 15) is 4.79 Å². The number of nitriles is 1. The Morgan fingerprint density at radius 3 is 3.00 bits per heavy atom. The van der Waals surface area contributed by atoms with Gasteiger partial charge in [-0.2, -0.15) is 5.26 Å². The fraction of sp³-hybridized carbons (Fsp3) is 0.273. The number of carbonyl (C=O) groups excluding carboxylic acids is 1. The minimum Gasteiger partial charge on any atom is -0.493 e. The second-order valence-corrected chi connectivity index (χ2v) is 2.94. The first-order valence-corrected chi connectivity index (χ1v) is 4.35. The van der Waals surface area contributed by atoms with E-state index in [0.29, 0.717) is 24.3 Å². The zero-order valence-corrected chi connectivity index (χ0v) is 7.99. The smallest absolute Gasteiger partial charge is 0.133 e. The summed E-state index contributed by atoms with van der Waals surface area (Å²) in [5.41, 5.74) is 0.560. The number of hydrogen-bond acceptors (Lipinski definition) is 3. The molecule has 0 atom stereocenters. The maximum Gasteiger partial charge on any atom is 0.133 e. The molecular formula is C11H11NO2. The third kappa shape index (κ3) is 3.28. The molecule has 14 heavy (non-hydrogen) atoms. The molecule has 0 heterocycles. The molecule has 3 nitrogen and oxygen atoms in total. The van der Waals surface area contributed by atoms with Gasteiger partial charge in [-0.3, -0.25) is 4.79 Å². The first-order valence-electron chi connectivity index (χ1n) is 4.35. The maximum atomic E-state index is 10.6. The molecule has 0 aromatic heterocycles. The Labute approximate surface area is 82.9 Å². The van der Waals surface area contributed by atoms with Crippen molar-refractivity contribution in [2.75, 3.05) is 6.61 Å². The van der Waals surface area contributed by atoms with Crippen molar-refractivity contribution in [2.24, 2.45) is 0 Å². The fourth-order valence-electron chi connectivity index (χ4n) is 0.968. The summed E-state index contributed by atoms with van der Waals surface area (Å²) < 4.78 is 5.29. The lowest BCUT2D eigenvalue weighted by atomic mass is 10.2. The van der Waals surface area contributed by atoms with E-state index in [2.05, 4.69) is 0 Å². The summed E-state index contributed by atoms with van der Waals surface area (Å²) in [5.74, 6) is 0.728. The third-order valence-electron chi connectivity index (χ3n) is 1.69. The molecule has 1 aromatic rings. The van der Waals surface area contributed by atoms with Crippen LogP contribution in [0.5, 0.6) is 5.75 Å². The second-order valence-electron chi connectivity index (χ2n) is 2.94. The van der Waals surface area contributed by atoms with Crippen molar-refractivity contribution in [1.82, 2.24) is 0 Å². The lowest BCUT2D eigenvalue weighted by Crippen LogP contribution is -2.02. The van der Waals surface area contributed by atoms with Gasteiger partial charge in [0.15, 0.2) is 0 Å². The number of rotatable bonds is 4. The zero-order chi connectivity index (χ0) is 10.4. The number of carbonyl (C=O) groups is 1. The number of ketones is 1. The van der Waals surface area contributed by atoms with E-state index in [1.807, 2.05) is 6.07 Å². The molecular weight excluding hydrogens is 178 g/mol. The zero-order valence-electron chi connectivity index (χ0n) is 7.99. The summed E-state index contributed by atoms with van der Waals surface area (Å²) >= 11 is 0. The van der Waals surface area contributed by atoms with Gasteiger partial charge in [0.2, 0.25) is 0 Å². The summed E-state index contributed by atoms with van der Waals surface area (Å²) in [7, 11) is 0. The van der Waals surface area contributed by atoms with E-state index in [0.717, 1.165) is 0 Å². The summed E-state index contributed by atoms with van der Waals surface area (Å²) in [4.78, 5) is 10.6. The molecule has 0 aliphatic carbocycles. The monoisotopic (exact) mass is 189 g/mol. The Kier molecular flexibility index (Phi) is 3.69. The van der Waals surface area contributed by atoms with Gasteiger partial charge >= 0.3 is 0 Å². The van der Waals surface area contributed by atoms with Crippen molar-refractivity contribution in [3.63, 3.8) is 0 Å². The molecule has 0 fully saturated rings. The van der Waals surface area contributed by atoms with Crippen molar-refractivity contribution in [1.29, 1.82) is 5.26 Å². The van der Waals surface area contributed by atoms with Crippen molar-refractivity contribution in [2.45, 2.75) is 13.3 Å². The van der Waals surface area contributed by atoms with E-state index >= 15 is 0 Å². The van der Waals surface area contributed by atoms with Crippen LogP contribution >= 0.6 is 0 Å². The first-order chi connectivity index (χ1) is 6.72. The molecule has 0 aliphatic heterocycles. The third-order valence-corrected chi connectivity index (χ3v) is 1.69. The van der Waals surface area contributed by atoms with Gasteiger partial charge in [-0.1, -0.05) is 6.07 Å². The summed E-state index contributed by atoms with van der Waals surface area (Å²) in [5, 5.41) is 8.62. The summed E-state index contributed by atoms with van der Waals surface area (Å²) in [6, 6.07) is 8.90. The van der Waals surface area contributed by atoms with E-state index in [4.69, 9.17) is 10.00 Å². The van der Waals surface area contributed by atoms with Crippen molar-refractivity contribution in [3.8, 4) is 11.8 Å². The molecule has 0 unspecified atom stereocenters. The summed E-state index contributed by atoms with van der Waals surface area (Å²) in [6.07, 6.45) is 0.400. The van der Waals surface area contributed by atoms with Gasteiger partial charge in [0, 0.05) is 6.42 Å². The van der Waals surface area contributed by atoms with Crippen LogP contribution in [0.25, 0.3) is 0 Å². The summed E-state index contributed by atoms with van der Waals surface area (Å²) in [6.45, 7) is 1.89. The normalized spacial score (nSPS) is 9.14. The van der Waals surface area contributed by atoms with Gasteiger partial charge in [-0.25, -0.2) is 0 Å². The fourth-order valence-corrected chi connectivity index (χ4v) is 0.968. The molecule has 0 bridgehead atoms. The van der Waals surface area contributed by atoms with Gasteiger partial charge in [0.05, 0.1) is 18.2 Å². The minimum absolute atomic E-state index is 0.0986. The topological polar surface area (TPSA) is 50.1 Å². The Morgan fingerprint density at radius 1 is 1.57 bits per heavy atom. The van der Waals surface area contributed by atoms with Crippen LogP contribution in [0.15, 0.2) is 24.3 Å². The molecule has 0 saturated carbocycles. The van der Waals surface area contributed by atoms with Crippen LogP contribution in [0, 0.1) is 11.3 Å². The number of hydrogen-bond donors (Lipinski definition) is 0. The van der Waals surface area contributed by atoms with Gasteiger partial charge in [0.25, 0.3) is 0 Å². The van der Waals surface area contributed by atoms with Crippen LogP contribution in [0.4, 0.5) is 0 Å². The van der Waals surface area contributed by atoms with Crippen molar-refractivity contribution in [3.05, 3.63) is 29.8 Å². The lowest BCUT2D eigenvalue weighted by Gasteiger charge is -2.04. The molecule has 0 spiro atoms. The van der Waals surface area contributed by atoms with Crippen molar-refractivity contribution < 1.29 is 9.53 Å². The van der Waals surface area contributed by atoms with Crippen LogP contribution in [0.2, 0.25) is 0 Å². The predicted octanol–water partition coefficient (Wildman–Crippen LogP) is 1.92. The van der Waals surface area contributed by atoms with Crippen LogP contribution in [0.3, 0.4) is 0 Å². The van der Waals surface area contributed by atoms with Gasteiger partial charge in [-0.05, 0) is 25.1 Å². The molecule has 0 amide bonds. The largest absolute Gasteiger partial charge is 0.493 e. The number of Topliss-reactive ketones (excluding diaryl/α,β-unsaturated/α-hetero) is 1. The van der Waals surface area contributed by atoms with Crippen LogP contribution in [-0.2, 0) is 4.79 Å². The molecule has 0 saturated heterocycles. The average molecular weight is 189 g/mol. The number of benzene rings is 1. The molecule has 72 valence electrons. The first kappa shape index (κ1) is 10.3. The Balaban J connectivity index is 2.51. The average Bonchev–Trinajstić information content (AvgIpc) is 2.18. The second kappa shape index (κ2) is 5.03. The standard InChI is InChI=1S/C11H11NO2/c1-9(13)5-6-14-11-4-2-3-10(7-11)8-12/h2-4,7H,5-6H2,1H3.